The van der Waals surface area contributed by atoms with Crippen LogP contribution in [0.15, 0.2) is 12.1 Å². The molecule has 0 aliphatic carbocycles. The summed E-state index contributed by atoms with van der Waals surface area (Å²) in [6.07, 6.45) is 0. The van der Waals surface area contributed by atoms with Gasteiger partial charge in [-0.1, -0.05) is 34.8 Å². The van der Waals surface area contributed by atoms with Crippen LogP contribution in [-0.4, -0.2) is 31.7 Å². The van der Waals surface area contributed by atoms with Gasteiger partial charge in [-0.3, -0.25) is 4.79 Å². The second-order valence-electron chi connectivity index (χ2n) is 3.59. The van der Waals surface area contributed by atoms with Crippen LogP contribution < -0.4 is 5.32 Å². The SMILES string of the molecule is CCOCC(=O)OCC(=O)Nc1c(Cl)cc(Cl)cc1Cl. The number of amides is 1. The molecule has 0 aromatic heterocycles. The van der Waals surface area contributed by atoms with Crippen LogP contribution >= 0.6 is 34.8 Å². The quantitative estimate of drug-likeness (QED) is 0.808. The van der Waals surface area contributed by atoms with E-state index < -0.39 is 18.5 Å². The molecule has 0 spiro atoms. The minimum Gasteiger partial charge on any atom is -0.454 e. The summed E-state index contributed by atoms with van der Waals surface area (Å²) in [5, 5.41) is 3.17. The number of benzene rings is 1. The number of hydrogen-bond acceptors (Lipinski definition) is 4. The first kappa shape index (κ1) is 17.0. The maximum absolute atomic E-state index is 11.6. The third-order valence-electron chi connectivity index (χ3n) is 2.06. The first-order valence-electron chi connectivity index (χ1n) is 5.61. The van der Waals surface area contributed by atoms with E-state index in [2.05, 4.69) is 5.32 Å². The van der Waals surface area contributed by atoms with Gasteiger partial charge in [-0.2, -0.15) is 0 Å². The molecule has 1 amide bonds. The predicted octanol–water partition coefficient (Wildman–Crippen LogP) is 3.17. The van der Waals surface area contributed by atoms with Crippen molar-refractivity contribution in [3.63, 3.8) is 0 Å². The van der Waals surface area contributed by atoms with Crippen LogP contribution in [0, 0.1) is 0 Å². The lowest BCUT2D eigenvalue weighted by Crippen LogP contribution is -2.23. The summed E-state index contributed by atoms with van der Waals surface area (Å²) in [4.78, 5) is 22.7. The zero-order valence-electron chi connectivity index (χ0n) is 10.5. The van der Waals surface area contributed by atoms with E-state index in [-0.39, 0.29) is 22.3 Å². The summed E-state index contributed by atoms with van der Waals surface area (Å²) >= 11 is 17.5. The second kappa shape index (κ2) is 8.32. The van der Waals surface area contributed by atoms with Crippen LogP contribution in [0.2, 0.25) is 15.1 Å². The standard InChI is InChI=1S/C12H12Cl3NO4/c1-2-19-6-11(18)20-5-10(17)16-12-8(14)3-7(13)4-9(12)15/h3-4H,2,5-6H2,1H3,(H,16,17). The van der Waals surface area contributed by atoms with E-state index in [1.54, 1.807) is 6.92 Å². The Kier molecular flexibility index (Phi) is 7.09. The summed E-state index contributed by atoms with van der Waals surface area (Å²) < 4.78 is 9.53. The Bertz CT molecular complexity index is 484. The summed E-state index contributed by atoms with van der Waals surface area (Å²) in [7, 11) is 0. The van der Waals surface area contributed by atoms with E-state index in [4.69, 9.17) is 44.3 Å². The Labute approximate surface area is 131 Å². The number of ether oxygens (including phenoxy) is 2. The Morgan fingerprint density at radius 3 is 2.30 bits per heavy atom. The van der Waals surface area contributed by atoms with Gasteiger partial charge in [0.05, 0.1) is 15.7 Å². The molecule has 1 N–H and O–H groups in total. The van der Waals surface area contributed by atoms with Gasteiger partial charge in [0.25, 0.3) is 5.91 Å². The van der Waals surface area contributed by atoms with Crippen molar-refractivity contribution in [2.45, 2.75) is 6.92 Å². The molecule has 0 aliphatic heterocycles. The van der Waals surface area contributed by atoms with Gasteiger partial charge in [-0.05, 0) is 19.1 Å². The molecule has 0 radical (unpaired) electrons. The Hall–Kier alpha value is -1.01. The fraction of sp³-hybridized carbons (Fsp3) is 0.333. The van der Waals surface area contributed by atoms with E-state index in [9.17, 15) is 9.59 Å². The van der Waals surface area contributed by atoms with Gasteiger partial charge in [0.2, 0.25) is 0 Å². The number of rotatable bonds is 6. The number of hydrogen-bond donors (Lipinski definition) is 1. The molecule has 20 heavy (non-hydrogen) atoms. The second-order valence-corrected chi connectivity index (χ2v) is 4.84. The Morgan fingerprint density at radius 1 is 1.15 bits per heavy atom. The van der Waals surface area contributed by atoms with Crippen LogP contribution in [0.4, 0.5) is 5.69 Å². The van der Waals surface area contributed by atoms with Crippen molar-refractivity contribution in [1.29, 1.82) is 0 Å². The lowest BCUT2D eigenvalue weighted by molar-refractivity contribution is -0.151. The van der Waals surface area contributed by atoms with Crippen molar-refractivity contribution in [1.82, 2.24) is 0 Å². The number of carbonyl (C=O) groups excluding carboxylic acids is 2. The van der Waals surface area contributed by atoms with E-state index in [1.165, 1.54) is 12.1 Å². The fourth-order valence-corrected chi connectivity index (χ4v) is 2.12. The van der Waals surface area contributed by atoms with E-state index >= 15 is 0 Å². The highest BCUT2D eigenvalue weighted by Gasteiger charge is 2.13. The zero-order valence-corrected chi connectivity index (χ0v) is 12.8. The molecule has 8 heteroatoms. The normalized spacial score (nSPS) is 10.2. The van der Waals surface area contributed by atoms with Gasteiger partial charge in [-0.15, -0.1) is 0 Å². The average Bonchev–Trinajstić information content (AvgIpc) is 2.38. The fourth-order valence-electron chi connectivity index (χ4n) is 1.21. The van der Waals surface area contributed by atoms with Gasteiger partial charge in [0, 0.05) is 11.6 Å². The monoisotopic (exact) mass is 339 g/mol. The number of halogens is 3. The molecule has 110 valence electrons. The first-order valence-corrected chi connectivity index (χ1v) is 6.75. The average molecular weight is 341 g/mol. The van der Waals surface area contributed by atoms with Crippen molar-refractivity contribution in [2.75, 3.05) is 25.1 Å². The first-order chi connectivity index (χ1) is 9.43. The van der Waals surface area contributed by atoms with Crippen LogP contribution in [0.5, 0.6) is 0 Å². The summed E-state index contributed by atoms with van der Waals surface area (Å²) in [5.41, 5.74) is 0.212. The molecule has 0 aliphatic rings. The highest BCUT2D eigenvalue weighted by molar-refractivity contribution is 6.42. The Balaban J connectivity index is 2.53. The largest absolute Gasteiger partial charge is 0.454 e. The third-order valence-corrected chi connectivity index (χ3v) is 2.87. The maximum atomic E-state index is 11.6. The molecule has 1 aromatic rings. The molecule has 5 nitrogen and oxygen atoms in total. The third kappa shape index (κ3) is 5.54. The van der Waals surface area contributed by atoms with Crippen LogP contribution in [0.3, 0.4) is 0 Å². The molecule has 1 aromatic carbocycles. The molecule has 0 atom stereocenters. The number of nitrogens with one attached hydrogen (secondary N) is 1. The molecular weight excluding hydrogens is 328 g/mol. The van der Waals surface area contributed by atoms with Crippen molar-refractivity contribution in [3.8, 4) is 0 Å². The summed E-state index contributed by atoms with van der Waals surface area (Å²) in [6.45, 7) is 1.47. The number of esters is 1. The van der Waals surface area contributed by atoms with Crippen LogP contribution in [-0.2, 0) is 19.1 Å². The number of carbonyl (C=O) groups is 2. The molecular formula is C12H12Cl3NO4. The van der Waals surface area contributed by atoms with Crippen molar-refractivity contribution in [2.24, 2.45) is 0 Å². The lowest BCUT2D eigenvalue weighted by Gasteiger charge is -2.10. The molecule has 0 bridgehead atoms. The summed E-state index contributed by atoms with van der Waals surface area (Å²) in [5.74, 6) is -1.20. The minimum absolute atomic E-state index is 0.191. The van der Waals surface area contributed by atoms with Gasteiger partial charge in [-0.25, -0.2) is 4.79 Å². The van der Waals surface area contributed by atoms with Gasteiger partial charge >= 0.3 is 5.97 Å². The maximum Gasteiger partial charge on any atom is 0.332 e. The topological polar surface area (TPSA) is 64.6 Å². The van der Waals surface area contributed by atoms with Gasteiger partial charge in [0.1, 0.15) is 6.61 Å². The van der Waals surface area contributed by atoms with Crippen molar-refractivity contribution >= 4 is 52.4 Å². The highest BCUT2D eigenvalue weighted by Crippen LogP contribution is 2.33. The molecule has 1 rings (SSSR count). The number of anilines is 1. The van der Waals surface area contributed by atoms with Gasteiger partial charge in [0.15, 0.2) is 6.61 Å². The zero-order chi connectivity index (χ0) is 15.1. The van der Waals surface area contributed by atoms with Crippen molar-refractivity contribution in [3.05, 3.63) is 27.2 Å². The predicted molar refractivity (Wildman–Crippen MR) is 77.6 cm³/mol. The lowest BCUT2D eigenvalue weighted by atomic mass is 10.3. The molecule has 0 fully saturated rings. The summed E-state index contributed by atoms with van der Waals surface area (Å²) in [6, 6.07) is 2.87. The van der Waals surface area contributed by atoms with Crippen LogP contribution in [0.25, 0.3) is 0 Å². The van der Waals surface area contributed by atoms with Gasteiger partial charge < -0.3 is 14.8 Å². The van der Waals surface area contributed by atoms with Crippen LogP contribution in [0.1, 0.15) is 6.92 Å². The molecule has 0 heterocycles. The minimum atomic E-state index is -0.629. The molecule has 0 saturated heterocycles. The smallest absolute Gasteiger partial charge is 0.332 e. The Morgan fingerprint density at radius 2 is 1.75 bits per heavy atom. The molecule has 0 unspecified atom stereocenters. The van der Waals surface area contributed by atoms with E-state index in [0.717, 1.165) is 0 Å². The van der Waals surface area contributed by atoms with E-state index in [1.807, 2.05) is 0 Å². The highest BCUT2D eigenvalue weighted by atomic mass is 35.5. The molecule has 0 saturated carbocycles. The van der Waals surface area contributed by atoms with E-state index in [0.29, 0.717) is 11.6 Å². The van der Waals surface area contributed by atoms with Crippen molar-refractivity contribution < 1.29 is 19.1 Å².